The molecule has 1 atom stereocenters. The van der Waals surface area contributed by atoms with Crippen LogP contribution in [0.5, 0.6) is 0 Å². The predicted molar refractivity (Wildman–Crippen MR) is 55.8 cm³/mol. The number of hydrogen-bond acceptors (Lipinski definition) is 2. The molecule has 0 bridgehead atoms. The third-order valence-corrected chi connectivity index (χ3v) is 3.38. The zero-order valence-corrected chi connectivity index (χ0v) is 8.03. The van der Waals surface area contributed by atoms with Gasteiger partial charge in [-0.25, -0.2) is 0 Å². The normalized spacial score (nSPS) is 22.2. The van der Waals surface area contributed by atoms with E-state index in [0.29, 0.717) is 5.25 Å². The van der Waals surface area contributed by atoms with Crippen molar-refractivity contribution in [1.82, 2.24) is 0 Å². The quantitative estimate of drug-likeness (QED) is 0.657. The molecule has 1 unspecified atom stereocenters. The van der Waals surface area contributed by atoms with Gasteiger partial charge in [-0.1, -0.05) is 18.2 Å². The maximum absolute atomic E-state index is 3.43. The number of thioether (sulfide) groups is 1. The van der Waals surface area contributed by atoms with Crippen molar-refractivity contribution in [2.24, 2.45) is 0 Å². The highest BCUT2D eigenvalue weighted by Crippen LogP contribution is 2.34. The molecule has 0 aromatic heterocycles. The summed E-state index contributed by atoms with van der Waals surface area (Å²) >= 11 is 2.02. The van der Waals surface area contributed by atoms with Crippen LogP contribution < -0.4 is 5.32 Å². The van der Waals surface area contributed by atoms with Gasteiger partial charge in [0.05, 0.1) is 0 Å². The van der Waals surface area contributed by atoms with E-state index in [9.17, 15) is 0 Å². The maximum Gasteiger partial charge on any atom is 0.0384 e. The summed E-state index contributed by atoms with van der Waals surface area (Å²) in [5.74, 6) is 1.20. The van der Waals surface area contributed by atoms with E-state index in [0.717, 1.165) is 6.54 Å². The van der Waals surface area contributed by atoms with E-state index in [1.807, 2.05) is 11.8 Å². The highest BCUT2D eigenvalue weighted by Gasteiger charge is 2.12. The van der Waals surface area contributed by atoms with Crippen molar-refractivity contribution in [2.75, 3.05) is 17.6 Å². The maximum atomic E-state index is 3.43. The summed E-state index contributed by atoms with van der Waals surface area (Å²) in [6, 6.07) is 8.58. The Hall–Kier alpha value is -0.630. The van der Waals surface area contributed by atoms with Gasteiger partial charge >= 0.3 is 0 Å². The smallest absolute Gasteiger partial charge is 0.0384 e. The lowest BCUT2D eigenvalue weighted by molar-refractivity contribution is 1.11. The molecule has 2 rings (SSSR count). The van der Waals surface area contributed by atoms with Crippen molar-refractivity contribution in [3.63, 3.8) is 0 Å². The molecule has 1 aromatic carbocycles. The Bertz CT molecular complexity index is 272. The number of anilines is 1. The standard InChI is InChI=1S/C10H13NS/c1-8-9-4-2-3-5-10(9)11-6-7-12-8/h2-5,8,11H,6-7H2,1H3. The van der Waals surface area contributed by atoms with Crippen molar-refractivity contribution in [3.8, 4) is 0 Å². The molecule has 1 aromatic rings. The number of rotatable bonds is 0. The molecule has 1 heterocycles. The molecule has 1 aliphatic heterocycles. The Morgan fingerprint density at radius 3 is 3.17 bits per heavy atom. The van der Waals surface area contributed by atoms with E-state index < -0.39 is 0 Å². The van der Waals surface area contributed by atoms with E-state index >= 15 is 0 Å². The second-order valence-corrected chi connectivity index (χ2v) is 4.48. The van der Waals surface area contributed by atoms with Crippen LogP contribution in [0.25, 0.3) is 0 Å². The minimum Gasteiger partial charge on any atom is -0.384 e. The highest BCUT2D eigenvalue weighted by molar-refractivity contribution is 7.99. The van der Waals surface area contributed by atoms with Crippen LogP contribution >= 0.6 is 11.8 Å². The van der Waals surface area contributed by atoms with Crippen LogP contribution in [0.3, 0.4) is 0 Å². The fourth-order valence-corrected chi connectivity index (χ4v) is 2.48. The second kappa shape index (κ2) is 3.40. The van der Waals surface area contributed by atoms with E-state index in [1.165, 1.54) is 17.0 Å². The minimum absolute atomic E-state index is 0.635. The van der Waals surface area contributed by atoms with Gasteiger partial charge in [-0.05, 0) is 18.6 Å². The fraction of sp³-hybridized carbons (Fsp3) is 0.400. The van der Waals surface area contributed by atoms with Gasteiger partial charge in [0.25, 0.3) is 0 Å². The van der Waals surface area contributed by atoms with Crippen LogP contribution in [0.4, 0.5) is 5.69 Å². The topological polar surface area (TPSA) is 12.0 Å². The zero-order chi connectivity index (χ0) is 8.39. The molecule has 0 spiro atoms. The first kappa shape index (κ1) is 7.99. The summed E-state index contributed by atoms with van der Waals surface area (Å²) < 4.78 is 0. The molecule has 0 fully saturated rings. The molecule has 2 heteroatoms. The van der Waals surface area contributed by atoms with Crippen LogP contribution in [0.15, 0.2) is 24.3 Å². The Balaban J connectivity index is 2.39. The van der Waals surface area contributed by atoms with Gasteiger partial charge in [0.2, 0.25) is 0 Å². The summed E-state index contributed by atoms with van der Waals surface area (Å²) in [4.78, 5) is 0. The number of hydrogen-bond donors (Lipinski definition) is 1. The Labute approximate surface area is 77.6 Å². The Morgan fingerprint density at radius 2 is 2.25 bits per heavy atom. The predicted octanol–water partition coefficient (Wildman–Crippen LogP) is 2.91. The molecule has 0 aliphatic carbocycles. The number of nitrogens with one attached hydrogen (secondary N) is 1. The summed E-state index contributed by atoms with van der Waals surface area (Å²) in [5.41, 5.74) is 2.76. The van der Waals surface area contributed by atoms with Crippen molar-refractivity contribution < 1.29 is 0 Å². The van der Waals surface area contributed by atoms with Crippen molar-refractivity contribution >= 4 is 17.4 Å². The third kappa shape index (κ3) is 1.44. The van der Waals surface area contributed by atoms with Gasteiger partial charge in [0.15, 0.2) is 0 Å². The van der Waals surface area contributed by atoms with E-state index in [4.69, 9.17) is 0 Å². The van der Waals surface area contributed by atoms with Crippen molar-refractivity contribution in [3.05, 3.63) is 29.8 Å². The minimum atomic E-state index is 0.635. The highest BCUT2D eigenvalue weighted by atomic mass is 32.2. The summed E-state index contributed by atoms with van der Waals surface area (Å²) in [6.07, 6.45) is 0. The first-order valence-electron chi connectivity index (χ1n) is 4.32. The molecule has 1 N–H and O–H groups in total. The average molecular weight is 179 g/mol. The van der Waals surface area contributed by atoms with Crippen LogP contribution in [-0.2, 0) is 0 Å². The lowest BCUT2D eigenvalue weighted by atomic mass is 10.1. The van der Waals surface area contributed by atoms with Gasteiger partial charge in [0, 0.05) is 23.2 Å². The van der Waals surface area contributed by atoms with Crippen molar-refractivity contribution in [1.29, 1.82) is 0 Å². The van der Waals surface area contributed by atoms with E-state index in [-0.39, 0.29) is 0 Å². The fourth-order valence-electron chi connectivity index (χ4n) is 1.52. The lowest BCUT2D eigenvalue weighted by Crippen LogP contribution is -2.01. The van der Waals surface area contributed by atoms with E-state index in [2.05, 4.69) is 36.5 Å². The monoisotopic (exact) mass is 179 g/mol. The first-order valence-corrected chi connectivity index (χ1v) is 5.37. The first-order chi connectivity index (χ1) is 5.88. The molecule has 1 aliphatic rings. The van der Waals surface area contributed by atoms with Gasteiger partial charge < -0.3 is 5.32 Å². The van der Waals surface area contributed by atoms with Crippen LogP contribution in [0.1, 0.15) is 17.7 Å². The number of benzene rings is 1. The van der Waals surface area contributed by atoms with Gasteiger partial charge in [-0.2, -0.15) is 11.8 Å². The van der Waals surface area contributed by atoms with Crippen LogP contribution in [0, 0.1) is 0 Å². The van der Waals surface area contributed by atoms with Gasteiger partial charge in [0.1, 0.15) is 0 Å². The van der Waals surface area contributed by atoms with Crippen molar-refractivity contribution in [2.45, 2.75) is 12.2 Å². The largest absolute Gasteiger partial charge is 0.384 e. The molecule has 64 valence electrons. The molecule has 0 radical (unpaired) electrons. The average Bonchev–Trinajstić information content (AvgIpc) is 2.29. The van der Waals surface area contributed by atoms with Crippen LogP contribution in [0.2, 0.25) is 0 Å². The number of fused-ring (bicyclic) bond motifs is 1. The number of para-hydroxylation sites is 1. The zero-order valence-electron chi connectivity index (χ0n) is 7.21. The molecular formula is C10H13NS. The molecule has 0 amide bonds. The third-order valence-electron chi connectivity index (χ3n) is 2.18. The Morgan fingerprint density at radius 1 is 1.42 bits per heavy atom. The Kier molecular flexibility index (Phi) is 2.26. The molecule has 12 heavy (non-hydrogen) atoms. The summed E-state index contributed by atoms with van der Waals surface area (Å²) in [7, 11) is 0. The lowest BCUT2D eigenvalue weighted by Gasteiger charge is -2.10. The summed E-state index contributed by atoms with van der Waals surface area (Å²) in [6.45, 7) is 3.36. The second-order valence-electron chi connectivity index (χ2n) is 3.03. The SMILES string of the molecule is CC1SCCNc2ccccc21. The molecule has 1 nitrogen and oxygen atoms in total. The molecule has 0 saturated heterocycles. The molecule has 0 saturated carbocycles. The van der Waals surface area contributed by atoms with E-state index in [1.54, 1.807) is 0 Å². The summed E-state index contributed by atoms with van der Waals surface area (Å²) in [5, 5.41) is 4.07. The van der Waals surface area contributed by atoms with Gasteiger partial charge in [-0.15, -0.1) is 0 Å². The van der Waals surface area contributed by atoms with Crippen LogP contribution in [-0.4, -0.2) is 12.3 Å². The molecular weight excluding hydrogens is 166 g/mol. The van der Waals surface area contributed by atoms with Gasteiger partial charge in [-0.3, -0.25) is 0 Å².